The van der Waals surface area contributed by atoms with E-state index in [0.29, 0.717) is 10.6 Å². The molecule has 0 unspecified atom stereocenters. The van der Waals surface area contributed by atoms with Crippen LogP contribution in [0, 0.1) is 33.8 Å². The molecule has 0 spiro atoms. The standard InChI is InChI=1S/C23H18ClN3O5/c24-17-7-1-13(2-8-17)12-25(21(28)14-5-9-18(10-6-14)27(31)32)26-22(29)19-15-3-4-16(11-15)20(19)23(26)30/h1-10,15-16,19-20H,11-12H2/t15-,16-,19-,20-/m0/s1. The lowest BCUT2D eigenvalue weighted by molar-refractivity contribution is -0.384. The summed E-state index contributed by atoms with van der Waals surface area (Å²) in [4.78, 5) is 50.5. The molecule has 2 aliphatic carbocycles. The summed E-state index contributed by atoms with van der Waals surface area (Å²) < 4.78 is 0. The van der Waals surface area contributed by atoms with Crippen molar-refractivity contribution in [3.8, 4) is 0 Å². The van der Waals surface area contributed by atoms with Crippen molar-refractivity contribution < 1.29 is 19.3 Å². The zero-order chi connectivity index (χ0) is 22.6. The van der Waals surface area contributed by atoms with E-state index in [1.54, 1.807) is 24.3 Å². The molecule has 162 valence electrons. The van der Waals surface area contributed by atoms with Crippen LogP contribution < -0.4 is 0 Å². The van der Waals surface area contributed by atoms with Crippen molar-refractivity contribution in [1.82, 2.24) is 10.0 Å². The fourth-order valence-electron chi connectivity index (χ4n) is 5.00. The predicted octanol–water partition coefficient (Wildman–Crippen LogP) is 3.61. The molecular weight excluding hydrogens is 434 g/mol. The Balaban J connectivity index is 1.50. The van der Waals surface area contributed by atoms with Gasteiger partial charge in [-0.2, -0.15) is 5.01 Å². The Kier molecular flexibility index (Phi) is 4.82. The van der Waals surface area contributed by atoms with Crippen LogP contribution >= 0.6 is 11.6 Å². The predicted molar refractivity (Wildman–Crippen MR) is 114 cm³/mol. The number of amides is 3. The van der Waals surface area contributed by atoms with E-state index in [9.17, 15) is 24.5 Å². The summed E-state index contributed by atoms with van der Waals surface area (Å²) in [5, 5.41) is 13.6. The lowest BCUT2D eigenvalue weighted by Gasteiger charge is -2.31. The van der Waals surface area contributed by atoms with Gasteiger partial charge < -0.3 is 0 Å². The molecule has 9 heteroatoms. The van der Waals surface area contributed by atoms with Gasteiger partial charge in [-0.05, 0) is 48.1 Å². The number of hydrogen-bond donors (Lipinski definition) is 0. The van der Waals surface area contributed by atoms with Crippen molar-refractivity contribution in [1.29, 1.82) is 0 Å². The number of fused-ring (bicyclic) bond motifs is 5. The Morgan fingerprint density at radius 1 is 1.00 bits per heavy atom. The fraction of sp³-hybridized carbons (Fsp3) is 0.261. The summed E-state index contributed by atoms with van der Waals surface area (Å²) in [6.45, 7) is -0.0212. The van der Waals surface area contributed by atoms with E-state index in [4.69, 9.17) is 11.6 Å². The van der Waals surface area contributed by atoms with Crippen molar-refractivity contribution in [2.24, 2.45) is 23.7 Å². The zero-order valence-corrected chi connectivity index (χ0v) is 17.5. The lowest BCUT2D eigenvalue weighted by atomic mass is 9.85. The second-order valence-corrected chi connectivity index (χ2v) is 8.72. The van der Waals surface area contributed by atoms with Crippen LogP contribution in [-0.2, 0) is 16.1 Å². The molecule has 8 nitrogen and oxygen atoms in total. The minimum atomic E-state index is -0.586. The van der Waals surface area contributed by atoms with E-state index in [1.165, 1.54) is 24.3 Å². The van der Waals surface area contributed by atoms with Crippen molar-refractivity contribution in [3.63, 3.8) is 0 Å². The molecule has 3 aliphatic rings. The molecule has 2 fully saturated rings. The number of benzene rings is 2. The average molecular weight is 452 g/mol. The summed E-state index contributed by atoms with van der Waals surface area (Å²) >= 11 is 5.96. The highest BCUT2D eigenvalue weighted by molar-refractivity contribution is 6.30. The van der Waals surface area contributed by atoms with Gasteiger partial charge in [0.25, 0.3) is 23.4 Å². The third-order valence-electron chi connectivity index (χ3n) is 6.49. The number of allylic oxidation sites excluding steroid dienone is 2. The van der Waals surface area contributed by atoms with Gasteiger partial charge in [0, 0.05) is 22.7 Å². The Bertz CT molecular complexity index is 1130. The third kappa shape index (κ3) is 3.18. The SMILES string of the molecule is O=C(c1ccc([N+](=O)[O-])cc1)N(Cc1ccc(Cl)cc1)N1C(=O)[C@@H]2[C@@H](C1=O)[C@H]1C=C[C@H]2C1. The monoisotopic (exact) mass is 451 g/mol. The van der Waals surface area contributed by atoms with Gasteiger partial charge in [-0.25, -0.2) is 5.01 Å². The zero-order valence-electron chi connectivity index (χ0n) is 16.8. The molecule has 4 atom stereocenters. The minimum absolute atomic E-state index is 0.0123. The summed E-state index contributed by atoms with van der Waals surface area (Å²) in [5.41, 5.74) is 0.669. The van der Waals surface area contributed by atoms with Crippen LogP contribution in [0.15, 0.2) is 60.7 Å². The number of carbonyl (C=O) groups excluding carboxylic acids is 3. The van der Waals surface area contributed by atoms with Crippen molar-refractivity contribution in [3.05, 3.63) is 86.9 Å². The lowest BCUT2D eigenvalue weighted by Crippen LogP contribution is -2.50. The van der Waals surface area contributed by atoms with Crippen LogP contribution in [0.5, 0.6) is 0 Å². The Morgan fingerprint density at radius 3 is 2.09 bits per heavy atom. The summed E-state index contributed by atoms with van der Waals surface area (Å²) in [5.74, 6) is -2.21. The molecule has 2 aromatic carbocycles. The van der Waals surface area contributed by atoms with Gasteiger partial charge in [-0.1, -0.05) is 35.9 Å². The smallest absolute Gasteiger partial charge is 0.272 e. The number of rotatable bonds is 5. The van der Waals surface area contributed by atoms with Crippen LogP contribution in [0.1, 0.15) is 22.3 Å². The second-order valence-electron chi connectivity index (χ2n) is 8.28. The largest absolute Gasteiger partial charge is 0.273 e. The van der Waals surface area contributed by atoms with Crippen LogP contribution in [0.2, 0.25) is 5.02 Å². The molecule has 1 saturated heterocycles. The van der Waals surface area contributed by atoms with Crippen molar-refractivity contribution in [2.45, 2.75) is 13.0 Å². The molecule has 5 rings (SSSR count). The van der Waals surface area contributed by atoms with E-state index in [2.05, 4.69) is 0 Å². The number of halogens is 1. The first-order valence-corrected chi connectivity index (χ1v) is 10.6. The summed E-state index contributed by atoms with van der Waals surface area (Å²) in [7, 11) is 0. The maximum Gasteiger partial charge on any atom is 0.273 e. The highest BCUT2D eigenvalue weighted by atomic mass is 35.5. The van der Waals surface area contributed by atoms with Gasteiger partial charge in [0.2, 0.25) is 0 Å². The number of nitro groups is 1. The first kappa shape index (κ1) is 20.4. The van der Waals surface area contributed by atoms with Gasteiger partial charge >= 0.3 is 0 Å². The summed E-state index contributed by atoms with van der Waals surface area (Å²) in [6.07, 6.45) is 4.76. The Hall–Kier alpha value is -3.52. The molecule has 1 heterocycles. The van der Waals surface area contributed by atoms with Gasteiger partial charge in [-0.3, -0.25) is 24.5 Å². The number of imide groups is 1. The van der Waals surface area contributed by atoms with Crippen molar-refractivity contribution in [2.75, 3.05) is 0 Å². The molecule has 0 N–H and O–H groups in total. The second kappa shape index (κ2) is 7.56. The Labute approximate surface area is 188 Å². The van der Waals surface area contributed by atoms with E-state index >= 15 is 0 Å². The topological polar surface area (TPSA) is 101 Å². The molecule has 3 amide bonds. The number of nitrogens with zero attached hydrogens (tertiary/aromatic N) is 3. The maximum atomic E-state index is 13.4. The molecular formula is C23H18ClN3O5. The number of hydrogen-bond acceptors (Lipinski definition) is 5. The van der Waals surface area contributed by atoms with E-state index < -0.39 is 22.7 Å². The number of hydrazine groups is 1. The van der Waals surface area contributed by atoms with Gasteiger partial charge in [0.1, 0.15) is 0 Å². The van der Waals surface area contributed by atoms with Gasteiger partial charge in [0.05, 0.1) is 23.3 Å². The number of nitro benzene ring substituents is 1. The van der Waals surface area contributed by atoms with Gasteiger partial charge in [-0.15, -0.1) is 0 Å². The quantitative estimate of drug-likeness (QED) is 0.299. The third-order valence-corrected chi connectivity index (χ3v) is 6.75. The molecule has 2 aromatic rings. The molecule has 1 saturated carbocycles. The first-order chi connectivity index (χ1) is 15.3. The normalized spacial score (nSPS) is 25.3. The Morgan fingerprint density at radius 2 is 1.56 bits per heavy atom. The number of non-ortho nitro benzene ring substituents is 1. The fourth-order valence-corrected chi connectivity index (χ4v) is 5.12. The van der Waals surface area contributed by atoms with Crippen LogP contribution in [0.3, 0.4) is 0 Å². The van der Waals surface area contributed by atoms with Crippen LogP contribution in [0.25, 0.3) is 0 Å². The summed E-state index contributed by atoms with van der Waals surface area (Å²) in [6, 6.07) is 11.9. The first-order valence-electron chi connectivity index (χ1n) is 10.2. The average Bonchev–Trinajstić information content (AvgIpc) is 3.47. The van der Waals surface area contributed by atoms with Crippen LogP contribution in [0.4, 0.5) is 5.69 Å². The molecule has 0 aromatic heterocycles. The molecule has 2 bridgehead atoms. The van der Waals surface area contributed by atoms with E-state index in [1.807, 2.05) is 12.2 Å². The van der Waals surface area contributed by atoms with E-state index in [-0.39, 0.29) is 41.4 Å². The van der Waals surface area contributed by atoms with E-state index in [0.717, 1.165) is 16.4 Å². The molecule has 1 aliphatic heterocycles. The molecule has 32 heavy (non-hydrogen) atoms. The van der Waals surface area contributed by atoms with Crippen LogP contribution in [-0.4, -0.2) is 32.7 Å². The van der Waals surface area contributed by atoms with Gasteiger partial charge in [0.15, 0.2) is 0 Å². The minimum Gasteiger partial charge on any atom is -0.272 e. The number of carbonyl (C=O) groups is 3. The highest BCUT2D eigenvalue weighted by Gasteiger charge is 2.61. The maximum absolute atomic E-state index is 13.4. The highest BCUT2D eigenvalue weighted by Crippen LogP contribution is 2.52. The van der Waals surface area contributed by atoms with Crippen molar-refractivity contribution >= 4 is 35.0 Å². The molecule has 0 radical (unpaired) electrons.